The van der Waals surface area contributed by atoms with Crippen LogP contribution in [-0.2, 0) is 11.3 Å². The molecule has 0 aromatic heterocycles. The fourth-order valence-corrected chi connectivity index (χ4v) is 2.76. The lowest BCUT2D eigenvalue weighted by Crippen LogP contribution is -2.24. The fraction of sp³-hybridized carbons (Fsp3) is 0.647. The van der Waals surface area contributed by atoms with Crippen LogP contribution in [0.3, 0.4) is 0 Å². The summed E-state index contributed by atoms with van der Waals surface area (Å²) in [7, 11) is 0. The van der Waals surface area contributed by atoms with Gasteiger partial charge >= 0.3 is 0 Å². The molecule has 1 aliphatic rings. The topological polar surface area (TPSA) is 21.3 Å². The zero-order chi connectivity index (χ0) is 13.5. The van der Waals surface area contributed by atoms with Crippen LogP contribution in [0.2, 0.25) is 0 Å². The third kappa shape index (κ3) is 4.63. The molecule has 1 fully saturated rings. The molecule has 1 aliphatic carbocycles. The molecule has 0 heterocycles. The van der Waals surface area contributed by atoms with Crippen LogP contribution in [0.4, 0.5) is 0 Å². The van der Waals surface area contributed by atoms with Gasteiger partial charge in [-0.1, -0.05) is 37.5 Å². The molecule has 1 aromatic rings. The van der Waals surface area contributed by atoms with Crippen LogP contribution in [0, 0.1) is 13.8 Å². The number of benzene rings is 1. The maximum atomic E-state index is 5.91. The summed E-state index contributed by atoms with van der Waals surface area (Å²) < 4.78 is 5.91. The van der Waals surface area contributed by atoms with Gasteiger partial charge in [-0.05, 0) is 43.4 Å². The second kappa shape index (κ2) is 7.66. The van der Waals surface area contributed by atoms with Crippen LogP contribution >= 0.6 is 0 Å². The first-order valence-electron chi connectivity index (χ1n) is 7.65. The SMILES string of the molecule is Cc1cccc(CNCCOC2CCCCC2)c1C. The Labute approximate surface area is 117 Å². The number of nitrogens with one attached hydrogen (secondary N) is 1. The zero-order valence-corrected chi connectivity index (χ0v) is 12.4. The summed E-state index contributed by atoms with van der Waals surface area (Å²) in [5.74, 6) is 0. The Balaban J connectivity index is 1.62. The van der Waals surface area contributed by atoms with Gasteiger partial charge in [-0.15, -0.1) is 0 Å². The molecule has 0 saturated heterocycles. The van der Waals surface area contributed by atoms with E-state index in [1.807, 2.05) is 0 Å². The molecule has 0 unspecified atom stereocenters. The number of hydrogen-bond donors (Lipinski definition) is 1. The van der Waals surface area contributed by atoms with E-state index in [1.165, 1.54) is 48.8 Å². The Morgan fingerprint density at radius 1 is 1.16 bits per heavy atom. The number of hydrogen-bond acceptors (Lipinski definition) is 2. The molecule has 0 spiro atoms. The molecule has 2 heteroatoms. The average molecular weight is 261 g/mol. The minimum atomic E-state index is 0.524. The van der Waals surface area contributed by atoms with E-state index in [1.54, 1.807) is 0 Å². The monoisotopic (exact) mass is 261 g/mol. The van der Waals surface area contributed by atoms with Crippen LogP contribution in [-0.4, -0.2) is 19.3 Å². The maximum absolute atomic E-state index is 5.91. The Hall–Kier alpha value is -0.860. The van der Waals surface area contributed by atoms with E-state index in [9.17, 15) is 0 Å². The second-order valence-corrected chi connectivity index (χ2v) is 5.67. The van der Waals surface area contributed by atoms with Crippen LogP contribution in [0.1, 0.15) is 48.8 Å². The van der Waals surface area contributed by atoms with Crippen molar-refractivity contribution in [1.29, 1.82) is 0 Å². The predicted molar refractivity (Wildman–Crippen MR) is 80.4 cm³/mol. The minimum absolute atomic E-state index is 0.524. The van der Waals surface area contributed by atoms with E-state index < -0.39 is 0 Å². The van der Waals surface area contributed by atoms with Gasteiger partial charge in [-0.3, -0.25) is 0 Å². The third-order valence-corrected chi connectivity index (χ3v) is 4.22. The minimum Gasteiger partial charge on any atom is -0.377 e. The van der Waals surface area contributed by atoms with Gasteiger partial charge < -0.3 is 10.1 Å². The second-order valence-electron chi connectivity index (χ2n) is 5.67. The number of aryl methyl sites for hydroxylation is 1. The Bertz CT molecular complexity index is 383. The molecule has 0 radical (unpaired) electrons. The lowest BCUT2D eigenvalue weighted by atomic mass is 9.98. The van der Waals surface area contributed by atoms with Gasteiger partial charge in [0.2, 0.25) is 0 Å². The van der Waals surface area contributed by atoms with Crippen LogP contribution in [0.25, 0.3) is 0 Å². The van der Waals surface area contributed by atoms with Crippen molar-refractivity contribution in [2.75, 3.05) is 13.2 Å². The van der Waals surface area contributed by atoms with E-state index in [0.717, 1.165) is 19.7 Å². The summed E-state index contributed by atoms with van der Waals surface area (Å²) in [5, 5.41) is 3.48. The van der Waals surface area contributed by atoms with Gasteiger partial charge in [0.1, 0.15) is 0 Å². The molecule has 0 amide bonds. The average Bonchev–Trinajstić information content (AvgIpc) is 2.44. The Morgan fingerprint density at radius 2 is 1.95 bits per heavy atom. The van der Waals surface area contributed by atoms with Crippen molar-refractivity contribution in [2.45, 2.75) is 58.6 Å². The maximum Gasteiger partial charge on any atom is 0.0594 e. The first-order chi connectivity index (χ1) is 9.27. The molecule has 0 aliphatic heterocycles. The number of rotatable bonds is 6. The summed E-state index contributed by atoms with van der Waals surface area (Å²) >= 11 is 0. The quantitative estimate of drug-likeness (QED) is 0.788. The van der Waals surface area contributed by atoms with Gasteiger partial charge in [0.25, 0.3) is 0 Å². The predicted octanol–water partition coefficient (Wildman–Crippen LogP) is 3.74. The van der Waals surface area contributed by atoms with E-state index in [0.29, 0.717) is 6.10 Å². The van der Waals surface area contributed by atoms with E-state index in [-0.39, 0.29) is 0 Å². The van der Waals surface area contributed by atoms with Crippen molar-refractivity contribution in [3.05, 3.63) is 34.9 Å². The lowest BCUT2D eigenvalue weighted by Gasteiger charge is -2.22. The van der Waals surface area contributed by atoms with Crippen molar-refractivity contribution in [1.82, 2.24) is 5.32 Å². The van der Waals surface area contributed by atoms with E-state index in [4.69, 9.17) is 4.74 Å². The van der Waals surface area contributed by atoms with Gasteiger partial charge in [-0.2, -0.15) is 0 Å². The standard InChI is InChI=1S/C17H27NO/c1-14-7-6-8-16(15(14)2)13-18-11-12-19-17-9-4-3-5-10-17/h6-8,17-18H,3-5,9-13H2,1-2H3. The van der Waals surface area contributed by atoms with Crippen LogP contribution in [0.15, 0.2) is 18.2 Å². The smallest absolute Gasteiger partial charge is 0.0594 e. The normalized spacial score (nSPS) is 16.7. The molecule has 106 valence electrons. The summed E-state index contributed by atoms with van der Waals surface area (Å²) in [6, 6.07) is 6.51. The Kier molecular flexibility index (Phi) is 5.87. The van der Waals surface area contributed by atoms with Gasteiger partial charge in [0, 0.05) is 13.1 Å². The molecule has 2 rings (SSSR count). The molecule has 0 atom stereocenters. The van der Waals surface area contributed by atoms with Crippen molar-refractivity contribution in [3.8, 4) is 0 Å². The molecular formula is C17H27NO. The van der Waals surface area contributed by atoms with Gasteiger partial charge in [-0.25, -0.2) is 0 Å². The molecule has 1 saturated carbocycles. The van der Waals surface area contributed by atoms with Crippen molar-refractivity contribution >= 4 is 0 Å². The summed E-state index contributed by atoms with van der Waals surface area (Å²) in [4.78, 5) is 0. The van der Waals surface area contributed by atoms with E-state index in [2.05, 4.69) is 37.4 Å². The van der Waals surface area contributed by atoms with Crippen molar-refractivity contribution < 1.29 is 4.74 Å². The summed E-state index contributed by atoms with van der Waals surface area (Å²) in [6.45, 7) is 7.11. The highest BCUT2D eigenvalue weighted by molar-refractivity contribution is 5.32. The van der Waals surface area contributed by atoms with Crippen LogP contribution in [0.5, 0.6) is 0 Å². The summed E-state index contributed by atoms with van der Waals surface area (Å²) in [5.41, 5.74) is 4.18. The molecule has 0 bridgehead atoms. The molecule has 2 nitrogen and oxygen atoms in total. The third-order valence-electron chi connectivity index (χ3n) is 4.22. The van der Waals surface area contributed by atoms with Gasteiger partial charge in [0.05, 0.1) is 12.7 Å². The highest BCUT2D eigenvalue weighted by atomic mass is 16.5. The van der Waals surface area contributed by atoms with Gasteiger partial charge in [0.15, 0.2) is 0 Å². The largest absolute Gasteiger partial charge is 0.377 e. The highest BCUT2D eigenvalue weighted by Gasteiger charge is 2.12. The fourth-order valence-electron chi connectivity index (χ4n) is 2.76. The first kappa shape index (κ1) is 14.5. The number of ether oxygens (including phenoxy) is 1. The molecule has 19 heavy (non-hydrogen) atoms. The first-order valence-corrected chi connectivity index (χ1v) is 7.65. The van der Waals surface area contributed by atoms with E-state index >= 15 is 0 Å². The lowest BCUT2D eigenvalue weighted by molar-refractivity contribution is 0.0302. The molecular weight excluding hydrogens is 234 g/mol. The Morgan fingerprint density at radius 3 is 2.74 bits per heavy atom. The zero-order valence-electron chi connectivity index (χ0n) is 12.4. The summed E-state index contributed by atoms with van der Waals surface area (Å²) in [6.07, 6.45) is 7.14. The van der Waals surface area contributed by atoms with Crippen molar-refractivity contribution in [3.63, 3.8) is 0 Å². The highest BCUT2D eigenvalue weighted by Crippen LogP contribution is 2.19. The molecule has 1 N–H and O–H groups in total. The van der Waals surface area contributed by atoms with Crippen molar-refractivity contribution in [2.24, 2.45) is 0 Å². The van der Waals surface area contributed by atoms with Crippen LogP contribution < -0.4 is 5.32 Å². The molecule has 1 aromatic carbocycles.